The molecule has 0 aromatic rings. The van der Waals surface area contributed by atoms with Crippen molar-refractivity contribution < 1.29 is 39.5 Å². The molecule has 0 bridgehead atoms. The number of aliphatic hydroxyl groups excluding tert-OH is 4. The molecule has 130 valence electrons. The number of aliphatic hydroxyl groups is 4. The van der Waals surface area contributed by atoms with Crippen molar-refractivity contribution in [3.8, 4) is 0 Å². The van der Waals surface area contributed by atoms with Crippen molar-refractivity contribution in [2.45, 2.75) is 57.0 Å². The van der Waals surface area contributed by atoms with Gasteiger partial charge in [0.25, 0.3) is 0 Å². The van der Waals surface area contributed by atoms with Gasteiger partial charge in [-0.3, -0.25) is 4.79 Å². The second-order valence-electron chi connectivity index (χ2n) is 5.16. The van der Waals surface area contributed by atoms with Crippen LogP contribution in [-0.2, 0) is 19.1 Å². The van der Waals surface area contributed by atoms with Crippen molar-refractivity contribution in [1.82, 2.24) is 0 Å². The zero-order valence-electron chi connectivity index (χ0n) is 13.0. The maximum Gasteiger partial charge on any atom is 0.305 e. The summed E-state index contributed by atoms with van der Waals surface area (Å²) in [5.41, 5.74) is 0. The Morgan fingerprint density at radius 1 is 0.909 bits per heavy atom. The Hall–Kier alpha value is -1.06. The standard InChI is InChI=1S/C14H26O8/c1-9(15)5-3-4-6-12(18)22-8-11(17)14(20)13(19)10(16)7-21-2/h10-11,13-14,16-17,19-20H,3-8H2,1-2H3. The van der Waals surface area contributed by atoms with Crippen molar-refractivity contribution in [3.63, 3.8) is 0 Å². The molecule has 0 aromatic heterocycles. The second kappa shape index (κ2) is 11.5. The van der Waals surface area contributed by atoms with Crippen LogP contribution in [0.1, 0.15) is 32.6 Å². The van der Waals surface area contributed by atoms with E-state index in [9.17, 15) is 30.0 Å². The number of ketones is 1. The quantitative estimate of drug-likeness (QED) is 0.259. The number of unbranched alkanes of at least 4 members (excludes halogenated alkanes) is 1. The maximum absolute atomic E-state index is 11.4. The van der Waals surface area contributed by atoms with Crippen LogP contribution in [0.4, 0.5) is 0 Å². The fourth-order valence-corrected chi connectivity index (χ4v) is 1.72. The van der Waals surface area contributed by atoms with Crippen molar-refractivity contribution in [2.75, 3.05) is 20.3 Å². The van der Waals surface area contributed by atoms with E-state index in [1.54, 1.807) is 0 Å². The highest BCUT2D eigenvalue weighted by Crippen LogP contribution is 2.07. The van der Waals surface area contributed by atoms with Crippen LogP contribution in [0.15, 0.2) is 0 Å². The number of rotatable bonds is 12. The Morgan fingerprint density at radius 2 is 1.41 bits per heavy atom. The van der Waals surface area contributed by atoms with Gasteiger partial charge in [-0.15, -0.1) is 0 Å². The van der Waals surface area contributed by atoms with Crippen LogP contribution in [0.2, 0.25) is 0 Å². The molecular formula is C14H26O8. The van der Waals surface area contributed by atoms with Gasteiger partial charge in [0.15, 0.2) is 0 Å². The average molecular weight is 322 g/mol. The summed E-state index contributed by atoms with van der Waals surface area (Å²) in [4.78, 5) is 22.1. The van der Waals surface area contributed by atoms with Gasteiger partial charge in [0.05, 0.1) is 6.61 Å². The van der Waals surface area contributed by atoms with Gasteiger partial charge in [0.1, 0.15) is 36.8 Å². The summed E-state index contributed by atoms with van der Waals surface area (Å²) in [6.07, 6.45) is -4.60. The van der Waals surface area contributed by atoms with Crippen LogP contribution in [-0.4, -0.2) is 76.9 Å². The van der Waals surface area contributed by atoms with Crippen LogP contribution in [0.3, 0.4) is 0 Å². The summed E-state index contributed by atoms with van der Waals surface area (Å²) in [5.74, 6) is -0.516. The molecule has 0 aliphatic carbocycles. The van der Waals surface area contributed by atoms with Gasteiger partial charge in [-0.2, -0.15) is 0 Å². The highest BCUT2D eigenvalue weighted by molar-refractivity contribution is 5.75. The molecule has 0 spiro atoms. The van der Waals surface area contributed by atoms with Gasteiger partial charge in [-0.25, -0.2) is 0 Å². The van der Waals surface area contributed by atoms with Crippen LogP contribution in [0, 0.1) is 0 Å². The largest absolute Gasteiger partial charge is 0.463 e. The van der Waals surface area contributed by atoms with Crippen LogP contribution >= 0.6 is 0 Å². The Balaban J connectivity index is 3.97. The first kappa shape index (κ1) is 20.9. The van der Waals surface area contributed by atoms with Crippen LogP contribution in [0.5, 0.6) is 0 Å². The molecule has 0 amide bonds. The van der Waals surface area contributed by atoms with E-state index in [1.165, 1.54) is 14.0 Å². The Morgan fingerprint density at radius 3 is 1.91 bits per heavy atom. The molecule has 8 heteroatoms. The lowest BCUT2D eigenvalue weighted by atomic mass is 10.0. The van der Waals surface area contributed by atoms with E-state index in [4.69, 9.17) is 4.74 Å². The first-order valence-electron chi connectivity index (χ1n) is 7.15. The summed E-state index contributed by atoms with van der Waals surface area (Å²) < 4.78 is 9.38. The third-order valence-electron chi connectivity index (χ3n) is 3.05. The minimum Gasteiger partial charge on any atom is -0.463 e. The third kappa shape index (κ3) is 9.06. The molecule has 0 aliphatic rings. The predicted molar refractivity (Wildman–Crippen MR) is 76.0 cm³/mol. The fourth-order valence-electron chi connectivity index (χ4n) is 1.72. The van der Waals surface area contributed by atoms with Crippen molar-refractivity contribution >= 4 is 11.8 Å². The minimum atomic E-state index is -1.67. The number of carbonyl (C=O) groups is 2. The predicted octanol–water partition coefficient (Wildman–Crippen LogP) is -1.23. The topological polar surface area (TPSA) is 134 Å². The summed E-state index contributed by atoms with van der Waals surface area (Å²) in [5, 5.41) is 38.2. The van der Waals surface area contributed by atoms with E-state index >= 15 is 0 Å². The number of carbonyl (C=O) groups excluding carboxylic acids is 2. The zero-order valence-corrected chi connectivity index (χ0v) is 13.0. The first-order valence-corrected chi connectivity index (χ1v) is 7.15. The molecule has 0 heterocycles. The second-order valence-corrected chi connectivity index (χ2v) is 5.16. The molecule has 4 unspecified atom stereocenters. The number of hydrogen-bond donors (Lipinski definition) is 4. The first-order chi connectivity index (χ1) is 10.3. The van der Waals surface area contributed by atoms with Gasteiger partial charge in [0.2, 0.25) is 0 Å². The monoisotopic (exact) mass is 322 g/mol. The highest BCUT2D eigenvalue weighted by Gasteiger charge is 2.31. The minimum absolute atomic E-state index is 0.0514. The van der Waals surface area contributed by atoms with E-state index in [-0.39, 0.29) is 18.8 Å². The number of methoxy groups -OCH3 is 1. The molecule has 4 N–H and O–H groups in total. The molecule has 0 aliphatic heterocycles. The summed E-state index contributed by atoms with van der Waals surface area (Å²) in [7, 11) is 1.31. The van der Waals surface area contributed by atoms with Gasteiger partial charge in [0, 0.05) is 20.0 Å². The van der Waals surface area contributed by atoms with Gasteiger partial charge in [-0.1, -0.05) is 0 Å². The Bertz CT molecular complexity index is 333. The molecule has 0 fully saturated rings. The van der Waals surface area contributed by atoms with E-state index < -0.39 is 37.0 Å². The lowest BCUT2D eigenvalue weighted by molar-refractivity contribution is -0.156. The Labute approximate surface area is 129 Å². The van der Waals surface area contributed by atoms with Gasteiger partial charge in [-0.05, 0) is 19.8 Å². The van der Waals surface area contributed by atoms with E-state index in [2.05, 4.69) is 4.74 Å². The molecule has 0 saturated heterocycles. The fraction of sp³-hybridized carbons (Fsp3) is 0.857. The molecule has 0 aromatic carbocycles. The summed E-state index contributed by atoms with van der Waals surface area (Å²) >= 11 is 0. The molecule has 22 heavy (non-hydrogen) atoms. The van der Waals surface area contributed by atoms with E-state index in [0.717, 1.165) is 0 Å². The molecule has 0 radical (unpaired) electrons. The Kier molecular flexibility index (Phi) is 10.9. The van der Waals surface area contributed by atoms with E-state index in [0.29, 0.717) is 19.3 Å². The number of ether oxygens (including phenoxy) is 2. The molecule has 8 nitrogen and oxygen atoms in total. The SMILES string of the molecule is COCC(O)C(O)C(O)C(O)COC(=O)CCCCC(C)=O. The van der Waals surface area contributed by atoms with Gasteiger partial charge < -0.3 is 34.7 Å². The summed E-state index contributed by atoms with van der Waals surface area (Å²) in [6, 6.07) is 0. The maximum atomic E-state index is 11.4. The lowest BCUT2D eigenvalue weighted by Crippen LogP contribution is -2.47. The van der Waals surface area contributed by atoms with Crippen LogP contribution < -0.4 is 0 Å². The van der Waals surface area contributed by atoms with Crippen molar-refractivity contribution in [3.05, 3.63) is 0 Å². The highest BCUT2D eigenvalue weighted by atomic mass is 16.5. The number of Topliss-reactive ketones (excluding diaryl/α,β-unsaturated/α-hetero) is 1. The smallest absolute Gasteiger partial charge is 0.305 e. The third-order valence-corrected chi connectivity index (χ3v) is 3.05. The van der Waals surface area contributed by atoms with Crippen molar-refractivity contribution in [2.24, 2.45) is 0 Å². The van der Waals surface area contributed by atoms with Gasteiger partial charge >= 0.3 is 5.97 Å². The average Bonchev–Trinajstić information content (AvgIpc) is 2.47. The number of hydrogen-bond acceptors (Lipinski definition) is 8. The van der Waals surface area contributed by atoms with Crippen molar-refractivity contribution in [1.29, 1.82) is 0 Å². The number of esters is 1. The molecule has 0 rings (SSSR count). The molecular weight excluding hydrogens is 296 g/mol. The summed E-state index contributed by atoms with van der Waals surface area (Å²) in [6.45, 7) is 0.768. The normalized spacial score (nSPS) is 16.6. The van der Waals surface area contributed by atoms with E-state index in [1.807, 2.05) is 0 Å². The van der Waals surface area contributed by atoms with Crippen LogP contribution in [0.25, 0.3) is 0 Å². The molecule has 4 atom stereocenters. The zero-order chi connectivity index (χ0) is 17.1. The lowest BCUT2D eigenvalue weighted by Gasteiger charge is -2.25. The molecule has 0 saturated carbocycles.